The Morgan fingerprint density at radius 2 is 2.05 bits per heavy atom. The first-order valence-electron chi connectivity index (χ1n) is 7.11. The van der Waals surface area contributed by atoms with Gasteiger partial charge >= 0.3 is 0 Å². The molecule has 0 aromatic heterocycles. The first-order chi connectivity index (χ1) is 10.0. The Balaban J connectivity index is 1.80. The van der Waals surface area contributed by atoms with Crippen molar-refractivity contribution < 1.29 is 18.3 Å². The van der Waals surface area contributed by atoms with E-state index in [1.807, 2.05) is 0 Å². The number of halogens is 2. The maximum absolute atomic E-state index is 12.0. The number of amides is 1. The predicted molar refractivity (Wildman–Crippen MR) is 76.5 cm³/mol. The van der Waals surface area contributed by atoms with E-state index in [0.29, 0.717) is 17.9 Å². The molecule has 3 N–H and O–H groups in total. The largest absolute Gasteiger partial charge is 0.488 e. The van der Waals surface area contributed by atoms with Crippen LogP contribution in [0.3, 0.4) is 0 Å². The van der Waals surface area contributed by atoms with Crippen LogP contribution in [0.4, 0.5) is 14.5 Å². The molecule has 1 fully saturated rings. The van der Waals surface area contributed by atoms with Crippen LogP contribution in [0.15, 0.2) is 24.3 Å². The lowest BCUT2D eigenvalue weighted by Crippen LogP contribution is -2.28. The summed E-state index contributed by atoms with van der Waals surface area (Å²) in [5, 5.41) is 2.78. The Kier molecular flexibility index (Phi) is 5.50. The predicted octanol–water partition coefficient (Wildman–Crippen LogP) is 2.79. The minimum absolute atomic E-state index is 0.0707. The van der Waals surface area contributed by atoms with Crippen LogP contribution in [-0.4, -0.2) is 25.0 Å². The SMILES string of the molecule is N[C@@H]1CCC[C@H]1CC(=O)Nc1ccc(OCC(F)F)cc1. The van der Waals surface area contributed by atoms with Crippen molar-refractivity contribution in [3.63, 3.8) is 0 Å². The van der Waals surface area contributed by atoms with Gasteiger partial charge in [-0.2, -0.15) is 0 Å². The molecule has 4 nitrogen and oxygen atoms in total. The van der Waals surface area contributed by atoms with E-state index < -0.39 is 13.0 Å². The second kappa shape index (κ2) is 7.36. The molecule has 1 aromatic rings. The van der Waals surface area contributed by atoms with E-state index in [0.717, 1.165) is 19.3 Å². The fourth-order valence-corrected chi connectivity index (χ4v) is 2.56. The third kappa shape index (κ3) is 4.97. The number of nitrogens with two attached hydrogens (primary N) is 1. The molecular formula is C15H20F2N2O2. The smallest absolute Gasteiger partial charge is 0.272 e. The van der Waals surface area contributed by atoms with Gasteiger partial charge in [-0.25, -0.2) is 8.78 Å². The summed E-state index contributed by atoms with van der Waals surface area (Å²) < 4.78 is 28.9. The summed E-state index contributed by atoms with van der Waals surface area (Å²) in [5.74, 6) is 0.531. The number of nitrogens with one attached hydrogen (secondary N) is 1. The number of alkyl halides is 2. The molecule has 0 spiro atoms. The Bertz CT molecular complexity index is 465. The molecule has 0 unspecified atom stereocenters. The van der Waals surface area contributed by atoms with Gasteiger partial charge in [-0.05, 0) is 43.0 Å². The van der Waals surface area contributed by atoms with E-state index >= 15 is 0 Å². The molecule has 1 amide bonds. The monoisotopic (exact) mass is 298 g/mol. The molecule has 0 bridgehead atoms. The summed E-state index contributed by atoms with van der Waals surface area (Å²) in [6, 6.07) is 6.49. The molecule has 0 saturated heterocycles. The fraction of sp³-hybridized carbons (Fsp3) is 0.533. The van der Waals surface area contributed by atoms with Crippen molar-refractivity contribution in [2.24, 2.45) is 11.7 Å². The Hall–Kier alpha value is -1.69. The van der Waals surface area contributed by atoms with Gasteiger partial charge in [0, 0.05) is 18.2 Å². The third-order valence-electron chi connectivity index (χ3n) is 3.68. The van der Waals surface area contributed by atoms with Crippen molar-refractivity contribution in [3.8, 4) is 5.75 Å². The number of carbonyl (C=O) groups is 1. The lowest BCUT2D eigenvalue weighted by Gasteiger charge is -2.15. The number of hydrogen-bond acceptors (Lipinski definition) is 3. The molecule has 0 aliphatic heterocycles. The highest BCUT2D eigenvalue weighted by Crippen LogP contribution is 2.27. The molecule has 0 radical (unpaired) electrons. The second-order valence-corrected chi connectivity index (χ2v) is 5.33. The van der Waals surface area contributed by atoms with Crippen LogP contribution >= 0.6 is 0 Å². The van der Waals surface area contributed by atoms with Gasteiger partial charge in [0.2, 0.25) is 5.91 Å². The summed E-state index contributed by atoms with van der Waals surface area (Å²) in [7, 11) is 0. The highest BCUT2D eigenvalue weighted by molar-refractivity contribution is 5.90. The van der Waals surface area contributed by atoms with Crippen LogP contribution in [0.2, 0.25) is 0 Å². The van der Waals surface area contributed by atoms with Gasteiger partial charge in [-0.3, -0.25) is 4.79 Å². The third-order valence-corrected chi connectivity index (χ3v) is 3.68. The van der Waals surface area contributed by atoms with Crippen molar-refractivity contribution in [2.45, 2.75) is 38.2 Å². The number of hydrogen-bond donors (Lipinski definition) is 2. The van der Waals surface area contributed by atoms with Gasteiger partial charge in [0.1, 0.15) is 12.4 Å². The van der Waals surface area contributed by atoms with Crippen LogP contribution < -0.4 is 15.8 Å². The highest BCUT2D eigenvalue weighted by atomic mass is 19.3. The molecule has 2 atom stereocenters. The number of anilines is 1. The normalized spacial score (nSPS) is 21.5. The van der Waals surface area contributed by atoms with Crippen LogP contribution in [0.5, 0.6) is 5.75 Å². The summed E-state index contributed by atoms with van der Waals surface area (Å²) in [5.41, 5.74) is 6.56. The lowest BCUT2D eigenvalue weighted by molar-refractivity contribution is -0.117. The Morgan fingerprint density at radius 3 is 2.62 bits per heavy atom. The van der Waals surface area contributed by atoms with Gasteiger partial charge in [-0.1, -0.05) is 6.42 Å². The Labute approximate surface area is 122 Å². The maximum Gasteiger partial charge on any atom is 0.272 e. The van der Waals surface area contributed by atoms with Crippen molar-refractivity contribution in [1.82, 2.24) is 0 Å². The van der Waals surface area contributed by atoms with Crippen LogP contribution in [-0.2, 0) is 4.79 Å². The molecule has 1 aromatic carbocycles. The van der Waals surface area contributed by atoms with E-state index in [9.17, 15) is 13.6 Å². The topological polar surface area (TPSA) is 64.4 Å². The van der Waals surface area contributed by atoms with E-state index in [1.165, 1.54) is 0 Å². The Morgan fingerprint density at radius 1 is 1.33 bits per heavy atom. The number of ether oxygens (including phenoxy) is 1. The van der Waals surface area contributed by atoms with E-state index in [-0.39, 0.29) is 17.9 Å². The summed E-state index contributed by atoms with van der Waals surface area (Å²) >= 11 is 0. The van der Waals surface area contributed by atoms with Gasteiger partial charge in [0.25, 0.3) is 6.43 Å². The van der Waals surface area contributed by atoms with Crippen molar-refractivity contribution in [1.29, 1.82) is 0 Å². The molecule has 21 heavy (non-hydrogen) atoms. The van der Waals surface area contributed by atoms with Crippen LogP contribution in [0, 0.1) is 5.92 Å². The van der Waals surface area contributed by atoms with Crippen molar-refractivity contribution in [2.75, 3.05) is 11.9 Å². The molecular weight excluding hydrogens is 278 g/mol. The highest BCUT2D eigenvalue weighted by Gasteiger charge is 2.25. The number of rotatable bonds is 6. The van der Waals surface area contributed by atoms with E-state index in [1.54, 1.807) is 24.3 Å². The molecule has 6 heteroatoms. The minimum Gasteiger partial charge on any atom is -0.488 e. The molecule has 1 aliphatic carbocycles. The average Bonchev–Trinajstić information content (AvgIpc) is 2.83. The molecule has 1 saturated carbocycles. The summed E-state index contributed by atoms with van der Waals surface area (Å²) in [4.78, 5) is 11.9. The van der Waals surface area contributed by atoms with E-state index in [4.69, 9.17) is 10.5 Å². The first kappa shape index (κ1) is 15.7. The first-order valence-corrected chi connectivity index (χ1v) is 7.11. The fourth-order valence-electron chi connectivity index (χ4n) is 2.56. The van der Waals surface area contributed by atoms with Gasteiger partial charge in [0.15, 0.2) is 0 Å². The number of carbonyl (C=O) groups excluding carboxylic acids is 1. The van der Waals surface area contributed by atoms with Gasteiger partial charge in [-0.15, -0.1) is 0 Å². The second-order valence-electron chi connectivity index (χ2n) is 5.33. The zero-order valence-electron chi connectivity index (χ0n) is 11.7. The average molecular weight is 298 g/mol. The van der Waals surface area contributed by atoms with Gasteiger partial charge < -0.3 is 15.8 Å². The quantitative estimate of drug-likeness (QED) is 0.849. The van der Waals surface area contributed by atoms with Crippen LogP contribution in [0.1, 0.15) is 25.7 Å². The molecule has 116 valence electrons. The molecule has 0 heterocycles. The number of benzene rings is 1. The van der Waals surface area contributed by atoms with Crippen molar-refractivity contribution in [3.05, 3.63) is 24.3 Å². The van der Waals surface area contributed by atoms with E-state index in [2.05, 4.69) is 5.32 Å². The zero-order chi connectivity index (χ0) is 15.2. The summed E-state index contributed by atoms with van der Waals surface area (Å²) in [6.45, 7) is -0.634. The summed E-state index contributed by atoms with van der Waals surface area (Å²) in [6.07, 6.45) is 0.975. The molecule has 1 aliphatic rings. The van der Waals surface area contributed by atoms with Gasteiger partial charge in [0.05, 0.1) is 0 Å². The van der Waals surface area contributed by atoms with Crippen molar-refractivity contribution >= 4 is 11.6 Å². The minimum atomic E-state index is -2.50. The van der Waals surface area contributed by atoms with Crippen LogP contribution in [0.25, 0.3) is 0 Å². The standard InChI is InChI=1S/C15H20F2N2O2/c16-14(17)9-21-12-6-4-11(5-7-12)19-15(20)8-10-2-1-3-13(10)18/h4-7,10,13-14H,1-3,8-9,18H2,(H,19,20)/t10-,13+/m0/s1. The maximum atomic E-state index is 12.0. The lowest BCUT2D eigenvalue weighted by atomic mass is 10.00. The zero-order valence-corrected chi connectivity index (χ0v) is 11.7. The molecule has 2 rings (SSSR count).